The number of fused-ring (bicyclic) bond motifs is 1. The quantitative estimate of drug-likeness (QED) is 0.813. The van der Waals surface area contributed by atoms with Crippen molar-refractivity contribution in [3.05, 3.63) is 29.3 Å². The standard InChI is InChI=1S/C14H19NO2/c1-3-17-14(16)9-11-5-4-10-8-12(15-2)6-7-13(10)11/h6-8,11,15H,3-5,9H2,1-2H3. The molecule has 0 aromatic heterocycles. The Hall–Kier alpha value is -1.51. The van der Waals surface area contributed by atoms with Crippen molar-refractivity contribution in [2.75, 3.05) is 19.0 Å². The van der Waals surface area contributed by atoms with E-state index >= 15 is 0 Å². The molecular formula is C14H19NO2. The average molecular weight is 233 g/mol. The van der Waals surface area contributed by atoms with Crippen LogP contribution in [-0.2, 0) is 16.0 Å². The summed E-state index contributed by atoms with van der Waals surface area (Å²) in [6, 6.07) is 6.39. The monoisotopic (exact) mass is 233 g/mol. The summed E-state index contributed by atoms with van der Waals surface area (Å²) in [5, 5.41) is 3.14. The van der Waals surface area contributed by atoms with Crippen molar-refractivity contribution in [2.45, 2.75) is 32.1 Å². The van der Waals surface area contributed by atoms with Crippen LogP contribution in [0.5, 0.6) is 0 Å². The molecule has 0 bridgehead atoms. The van der Waals surface area contributed by atoms with Crippen molar-refractivity contribution in [1.29, 1.82) is 0 Å². The molecule has 1 unspecified atom stereocenters. The summed E-state index contributed by atoms with van der Waals surface area (Å²) in [5.74, 6) is 0.262. The summed E-state index contributed by atoms with van der Waals surface area (Å²) in [5.41, 5.74) is 3.82. The minimum absolute atomic E-state index is 0.0805. The second-order valence-corrected chi connectivity index (χ2v) is 4.41. The topological polar surface area (TPSA) is 38.3 Å². The van der Waals surface area contributed by atoms with Crippen molar-refractivity contribution in [3.8, 4) is 0 Å². The normalized spacial score (nSPS) is 17.6. The van der Waals surface area contributed by atoms with Crippen LogP contribution in [0.15, 0.2) is 18.2 Å². The molecule has 92 valence electrons. The maximum atomic E-state index is 11.5. The Morgan fingerprint density at radius 1 is 1.53 bits per heavy atom. The lowest BCUT2D eigenvalue weighted by molar-refractivity contribution is -0.143. The first-order valence-electron chi connectivity index (χ1n) is 6.20. The van der Waals surface area contributed by atoms with E-state index in [-0.39, 0.29) is 5.97 Å². The van der Waals surface area contributed by atoms with Gasteiger partial charge in [-0.05, 0) is 48.9 Å². The zero-order valence-electron chi connectivity index (χ0n) is 10.5. The lowest BCUT2D eigenvalue weighted by Gasteiger charge is -2.11. The van der Waals surface area contributed by atoms with Gasteiger partial charge in [0.2, 0.25) is 0 Å². The summed E-state index contributed by atoms with van der Waals surface area (Å²) in [4.78, 5) is 11.5. The molecule has 1 N–H and O–H groups in total. The van der Waals surface area contributed by atoms with Gasteiger partial charge in [0.05, 0.1) is 13.0 Å². The van der Waals surface area contributed by atoms with E-state index in [1.165, 1.54) is 11.1 Å². The van der Waals surface area contributed by atoms with Crippen LogP contribution < -0.4 is 5.32 Å². The van der Waals surface area contributed by atoms with Crippen LogP contribution in [0.4, 0.5) is 5.69 Å². The molecule has 0 amide bonds. The van der Waals surface area contributed by atoms with E-state index in [9.17, 15) is 4.79 Å². The number of benzene rings is 1. The van der Waals surface area contributed by atoms with Crippen molar-refractivity contribution >= 4 is 11.7 Å². The maximum Gasteiger partial charge on any atom is 0.306 e. The van der Waals surface area contributed by atoms with Gasteiger partial charge in [0.25, 0.3) is 0 Å². The first-order valence-corrected chi connectivity index (χ1v) is 6.20. The number of rotatable bonds is 4. The van der Waals surface area contributed by atoms with Crippen LogP contribution in [0, 0.1) is 0 Å². The van der Waals surface area contributed by atoms with Gasteiger partial charge in [-0.15, -0.1) is 0 Å². The number of hydrogen-bond donors (Lipinski definition) is 1. The molecule has 3 heteroatoms. The van der Waals surface area contributed by atoms with Crippen molar-refractivity contribution < 1.29 is 9.53 Å². The van der Waals surface area contributed by atoms with Gasteiger partial charge in [0.15, 0.2) is 0 Å². The second-order valence-electron chi connectivity index (χ2n) is 4.41. The van der Waals surface area contributed by atoms with Gasteiger partial charge < -0.3 is 10.1 Å². The molecule has 1 aromatic carbocycles. The Balaban J connectivity index is 2.09. The first-order chi connectivity index (χ1) is 8.24. The predicted molar refractivity (Wildman–Crippen MR) is 68.3 cm³/mol. The zero-order valence-corrected chi connectivity index (χ0v) is 10.5. The van der Waals surface area contributed by atoms with Crippen LogP contribution in [0.1, 0.15) is 36.8 Å². The van der Waals surface area contributed by atoms with E-state index in [1.807, 2.05) is 14.0 Å². The molecule has 0 fully saturated rings. The number of esters is 1. The van der Waals surface area contributed by atoms with Crippen molar-refractivity contribution in [3.63, 3.8) is 0 Å². The van der Waals surface area contributed by atoms with E-state index < -0.39 is 0 Å². The summed E-state index contributed by atoms with van der Waals surface area (Å²) < 4.78 is 5.01. The molecule has 0 radical (unpaired) electrons. The molecule has 0 aliphatic heterocycles. The highest BCUT2D eigenvalue weighted by molar-refractivity contribution is 5.71. The Morgan fingerprint density at radius 3 is 3.06 bits per heavy atom. The average Bonchev–Trinajstić information content (AvgIpc) is 2.72. The van der Waals surface area contributed by atoms with Crippen molar-refractivity contribution in [1.82, 2.24) is 0 Å². The van der Waals surface area contributed by atoms with E-state index in [0.717, 1.165) is 18.5 Å². The Morgan fingerprint density at radius 2 is 2.35 bits per heavy atom. The number of anilines is 1. The summed E-state index contributed by atoms with van der Waals surface area (Å²) in [7, 11) is 1.92. The molecule has 0 spiro atoms. The molecule has 3 nitrogen and oxygen atoms in total. The summed E-state index contributed by atoms with van der Waals surface area (Å²) >= 11 is 0. The smallest absolute Gasteiger partial charge is 0.306 e. The number of aryl methyl sites for hydroxylation is 1. The van der Waals surface area contributed by atoms with Gasteiger partial charge in [-0.3, -0.25) is 4.79 Å². The molecule has 2 rings (SSSR count). The zero-order chi connectivity index (χ0) is 12.3. The molecular weight excluding hydrogens is 214 g/mol. The Kier molecular flexibility index (Phi) is 3.67. The van der Waals surface area contributed by atoms with E-state index in [4.69, 9.17) is 4.74 Å². The predicted octanol–water partition coefficient (Wildman–Crippen LogP) is 2.71. The van der Waals surface area contributed by atoms with Crippen LogP contribution in [0.3, 0.4) is 0 Å². The number of carbonyl (C=O) groups is 1. The molecule has 1 aliphatic rings. The van der Waals surface area contributed by atoms with E-state index in [1.54, 1.807) is 0 Å². The highest BCUT2D eigenvalue weighted by Crippen LogP contribution is 2.36. The van der Waals surface area contributed by atoms with Crippen molar-refractivity contribution in [2.24, 2.45) is 0 Å². The van der Waals surface area contributed by atoms with E-state index in [0.29, 0.717) is 18.9 Å². The lowest BCUT2D eigenvalue weighted by Crippen LogP contribution is -2.08. The SMILES string of the molecule is CCOC(=O)CC1CCc2cc(NC)ccc21. The van der Waals surface area contributed by atoms with Crippen LogP contribution >= 0.6 is 0 Å². The van der Waals surface area contributed by atoms with Crippen LogP contribution in [0.2, 0.25) is 0 Å². The molecule has 17 heavy (non-hydrogen) atoms. The minimum atomic E-state index is -0.0805. The largest absolute Gasteiger partial charge is 0.466 e. The Bertz CT molecular complexity index is 415. The number of ether oxygens (including phenoxy) is 1. The third-order valence-corrected chi connectivity index (χ3v) is 3.35. The molecule has 1 aliphatic carbocycles. The highest BCUT2D eigenvalue weighted by atomic mass is 16.5. The molecule has 0 heterocycles. The third kappa shape index (κ3) is 2.60. The highest BCUT2D eigenvalue weighted by Gasteiger charge is 2.25. The minimum Gasteiger partial charge on any atom is -0.466 e. The van der Waals surface area contributed by atoms with Gasteiger partial charge in [0, 0.05) is 12.7 Å². The fourth-order valence-corrected chi connectivity index (χ4v) is 2.49. The number of nitrogens with one attached hydrogen (secondary N) is 1. The van der Waals surface area contributed by atoms with Crippen LogP contribution in [-0.4, -0.2) is 19.6 Å². The second kappa shape index (κ2) is 5.21. The fraction of sp³-hybridized carbons (Fsp3) is 0.500. The van der Waals surface area contributed by atoms with E-state index in [2.05, 4.69) is 23.5 Å². The first kappa shape index (κ1) is 12.0. The summed E-state index contributed by atoms with van der Waals surface area (Å²) in [6.45, 7) is 2.32. The fourth-order valence-electron chi connectivity index (χ4n) is 2.49. The molecule has 0 saturated carbocycles. The van der Waals surface area contributed by atoms with Gasteiger partial charge >= 0.3 is 5.97 Å². The molecule has 1 atom stereocenters. The van der Waals surface area contributed by atoms with Gasteiger partial charge in [-0.25, -0.2) is 0 Å². The maximum absolute atomic E-state index is 11.5. The van der Waals surface area contributed by atoms with Gasteiger partial charge in [0.1, 0.15) is 0 Å². The Labute approximate surface area is 102 Å². The molecule has 0 saturated heterocycles. The lowest BCUT2D eigenvalue weighted by atomic mass is 9.98. The number of carbonyl (C=O) groups excluding carboxylic acids is 1. The number of hydrogen-bond acceptors (Lipinski definition) is 3. The van der Waals surface area contributed by atoms with Gasteiger partial charge in [-0.2, -0.15) is 0 Å². The molecule has 1 aromatic rings. The summed E-state index contributed by atoms with van der Waals surface area (Å²) in [6.07, 6.45) is 2.63. The van der Waals surface area contributed by atoms with Crippen LogP contribution in [0.25, 0.3) is 0 Å². The third-order valence-electron chi connectivity index (χ3n) is 3.35. The van der Waals surface area contributed by atoms with Gasteiger partial charge in [-0.1, -0.05) is 6.07 Å².